The Labute approximate surface area is 124 Å². The van der Waals surface area contributed by atoms with E-state index in [-0.39, 0.29) is 28.2 Å². The number of hydrogen-bond donors (Lipinski definition) is 2. The van der Waals surface area contributed by atoms with E-state index in [0.29, 0.717) is 17.8 Å². The molecule has 0 radical (unpaired) electrons. The predicted molar refractivity (Wildman–Crippen MR) is 76.4 cm³/mol. The second-order valence-corrected chi connectivity index (χ2v) is 7.60. The molecule has 1 aliphatic rings. The fourth-order valence-corrected chi connectivity index (χ4v) is 5.13. The van der Waals surface area contributed by atoms with E-state index in [1.807, 2.05) is 0 Å². The second kappa shape index (κ2) is 5.58. The van der Waals surface area contributed by atoms with Gasteiger partial charge in [-0.05, 0) is 6.42 Å². The van der Waals surface area contributed by atoms with Crippen LogP contribution in [0, 0.1) is 10.1 Å². The molecule has 1 atom stereocenters. The number of nitrogen functional groups attached to an aromatic ring is 1. The lowest BCUT2D eigenvalue weighted by molar-refractivity contribution is -0.383. The molecule has 0 bridgehead atoms. The van der Waals surface area contributed by atoms with Crippen molar-refractivity contribution in [3.05, 3.63) is 16.2 Å². The monoisotopic (exact) mass is 334 g/mol. The van der Waals surface area contributed by atoms with Crippen LogP contribution in [0.3, 0.4) is 0 Å². The maximum atomic E-state index is 12.6. The third kappa shape index (κ3) is 2.71. The lowest BCUT2D eigenvalue weighted by Crippen LogP contribution is -2.56. The lowest BCUT2D eigenvalue weighted by Gasteiger charge is -2.32. The van der Waals surface area contributed by atoms with Crippen molar-refractivity contribution < 1.29 is 18.1 Å². The van der Waals surface area contributed by atoms with Crippen LogP contribution in [0.5, 0.6) is 0 Å². The van der Waals surface area contributed by atoms with Gasteiger partial charge in [0.25, 0.3) is 10.0 Å². The second-order valence-electron chi connectivity index (χ2n) is 4.40. The van der Waals surface area contributed by atoms with E-state index in [9.17, 15) is 23.3 Å². The zero-order valence-electron chi connectivity index (χ0n) is 11.1. The van der Waals surface area contributed by atoms with E-state index >= 15 is 0 Å². The number of nitro groups is 1. The van der Waals surface area contributed by atoms with Gasteiger partial charge in [0, 0.05) is 19.2 Å². The summed E-state index contributed by atoms with van der Waals surface area (Å²) in [4.78, 5) is 21.8. The minimum absolute atomic E-state index is 0.123. The molecule has 116 valence electrons. The summed E-state index contributed by atoms with van der Waals surface area (Å²) in [5, 5.41) is 13.2. The molecule has 1 aliphatic heterocycles. The smallest absolute Gasteiger partial charge is 0.304 e. The first-order valence-corrected chi connectivity index (χ1v) is 8.38. The van der Waals surface area contributed by atoms with Crippen molar-refractivity contribution in [1.29, 1.82) is 0 Å². The summed E-state index contributed by atoms with van der Waals surface area (Å²) in [7, 11) is -3.98. The number of piperazine rings is 1. The number of amides is 1. The van der Waals surface area contributed by atoms with Gasteiger partial charge in [-0.3, -0.25) is 14.9 Å². The van der Waals surface area contributed by atoms with Gasteiger partial charge in [0.05, 0.1) is 4.92 Å². The summed E-state index contributed by atoms with van der Waals surface area (Å²) >= 11 is 0.632. The molecule has 2 rings (SSSR count). The quantitative estimate of drug-likeness (QED) is 0.593. The molecule has 1 aromatic heterocycles. The van der Waals surface area contributed by atoms with Crippen LogP contribution in [-0.2, 0) is 14.8 Å². The van der Waals surface area contributed by atoms with Crippen molar-refractivity contribution in [2.75, 3.05) is 18.8 Å². The maximum absolute atomic E-state index is 12.6. The molecule has 0 saturated carbocycles. The molecule has 1 aromatic rings. The normalized spacial score (nSPS) is 20.2. The van der Waals surface area contributed by atoms with E-state index in [1.54, 1.807) is 6.92 Å². The van der Waals surface area contributed by atoms with Gasteiger partial charge < -0.3 is 11.1 Å². The number of hydrogen-bond acceptors (Lipinski definition) is 7. The predicted octanol–water partition coefficient (Wildman–Crippen LogP) is 0.138. The Morgan fingerprint density at radius 3 is 2.81 bits per heavy atom. The Morgan fingerprint density at radius 1 is 1.62 bits per heavy atom. The summed E-state index contributed by atoms with van der Waals surface area (Å²) in [6, 6.07) is 0.125. The zero-order chi connectivity index (χ0) is 15.8. The Hall–Kier alpha value is -1.72. The maximum Gasteiger partial charge on any atom is 0.304 e. The summed E-state index contributed by atoms with van der Waals surface area (Å²) in [5.74, 6) is -0.369. The van der Waals surface area contributed by atoms with E-state index in [0.717, 1.165) is 10.4 Å². The SMILES string of the molecule is CCC1C(=O)NCCN1S(=O)(=O)c1cc([N+](=O)[O-])c(N)s1. The van der Waals surface area contributed by atoms with Gasteiger partial charge in [-0.1, -0.05) is 18.3 Å². The summed E-state index contributed by atoms with van der Waals surface area (Å²) < 4.78 is 26.0. The topological polar surface area (TPSA) is 136 Å². The van der Waals surface area contributed by atoms with Gasteiger partial charge in [-0.15, -0.1) is 0 Å². The van der Waals surface area contributed by atoms with Crippen LogP contribution in [0.1, 0.15) is 13.3 Å². The minimum atomic E-state index is -3.98. The summed E-state index contributed by atoms with van der Waals surface area (Å²) in [5.41, 5.74) is 5.04. The number of anilines is 1. The third-order valence-corrected chi connectivity index (χ3v) is 6.46. The first-order chi connectivity index (χ1) is 9.78. The molecular weight excluding hydrogens is 320 g/mol. The first kappa shape index (κ1) is 15.7. The van der Waals surface area contributed by atoms with Crippen LogP contribution in [-0.4, -0.2) is 42.7 Å². The molecule has 0 aromatic carbocycles. The Bertz CT molecular complexity index is 684. The number of nitrogens with one attached hydrogen (secondary N) is 1. The number of nitrogens with zero attached hydrogens (tertiary/aromatic N) is 2. The highest BCUT2D eigenvalue weighted by molar-refractivity contribution is 7.91. The van der Waals surface area contributed by atoms with E-state index < -0.39 is 26.7 Å². The van der Waals surface area contributed by atoms with Gasteiger partial charge in [-0.2, -0.15) is 4.31 Å². The van der Waals surface area contributed by atoms with Crippen LogP contribution < -0.4 is 11.1 Å². The molecule has 1 unspecified atom stereocenters. The molecule has 21 heavy (non-hydrogen) atoms. The molecule has 3 N–H and O–H groups in total. The Balaban J connectivity index is 2.43. The Kier molecular flexibility index (Phi) is 4.16. The van der Waals surface area contributed by atoms with Gasteiger partial charge >= 0.3 is 5.69 Å². The van der Waals surface area contributed by atoms with Gasteiger partial charge in [0.1, 0.15) is 10.3 Å². The van der Waals surface area contributed by atoms with Crippen molar-refractivity contribution in [3.63, 3.8) is 0 Å². The molecule has 2 heterocycles. The van der Waals surface area contributed by atoms with Crippen LogP contribution in [0.25, 0.3) is 0 Å². The van der Waals surface area contributed by atoms with Crippen LogP contribution in [0.2, 0.25) is 0 Å². The van der Waals surface area contributed by atoms with Crippen molar-refractivity contribution in [2.24, 2.45) is 0 Å². The third-order valence-electron chi connectivity index (χ3n) is 3.15. The number of nitrogens with two attached hydrogens (primary N) is 1. The molecule has 1 amide bonds. The number of rotatable bonds is 4. The van der Waals surface area contributed by atoms with Crippen LogP contribution >= 0.6 is 11.3 Å². The van der Waals surface area contributed by atoms with Crippen LogP contribution in [0.4, 0.5) is 10.7 Å². The number of thiophene rings is 1. The van der Waals surface area contributed by atoms with E-state index in [2.05, 4.69) is 5.32 Å². The Morgan fingerprint density at radius 2 is 2.29 bits per heavy atom. The van der Waals surface area contributed by atoms with Gasteiger partial charge in [0.15, 0.2) is 5.00 Å². The number of carbonyl (C=O) groups is 1. The first-order valence-electron chi connectivity index (χ1n) is 6.12. The molecule has 1 saturated heterocycles. The molecule has 1 fully saturated rings. The molecule has 0 spiro atoms. The minimum Gasteiger partial charge on any atom is -0.385 e. The molecule has 0 aliphatic carbocycles. The highest BCUT2D eigenvalue weighted by atomic mass is 32.2. The fraction of sp³-hybridized carbons (Fsp3) is 0.500. The van der Waals surface area contributed by atoms with Gasteiger partial charge in [-0.25, -0.2) is 8.42 Å². The zero-order valence-corrected chi connectivity index (χ0v) is 12.7. The van der Waals surface area contributed by atoms with Crippen molar-refractivity contribution in [3.8, 4) is 0 Å². The summed E-state index contributed by atoms with van der Waals surface area (Å²) in [6.45, 7) is 2.03. The van der Waals surface area contributed by atoms with E-state index in [4.69, 9.17) is 5.73 Å². The van der Waals surface area contributed by atoms with Crippen molar-refractivity contribution in [2.45, 2.75) is 23.6 Å². The fourth-order valence-electron chi connectivity index (χ4n) is 2.13. The average Bonchev–Trinajstić information content (AvgIpc) is 2.81. The highest BCUT2D eigenvalue weighted by Gasteiger charge is 2.39. The largest absolute Gasteiger partial charge is 0.385 e. The molecular formula is C10H14N4O5S2. The lowest BCUT2D eigenvalue weighted by atomic mass is 10.2. The van der Waals surface area contributed by atoms with Gasteiger partial charge in [0.2, 0.25) is 5.91 Å². The average molecular weight is 334 g/mol. The molecule has 11 heteroatoms. The standard InChI is InChI=1S/C10H14N4O5S2/c1-2-6-10(15)12-3-4-13(6)21(18,19)8-5-7(14(16)17)9(11)20-8/h5-6H,2-4,11H2,1H3,(H,12,15). The molecule has 9 nitrogen and oxygen atoms in total. The number of sulfonamides is 1. The number of carbonyl (C=O) groups excluding carboxylic acids is 1. The van der Waals surface area contributed by atoms with E-state index in [1.165, 1.54) is 0 Å². The van der Waals surface area contributed by atoms with Crippen molar-refractivity contribution >= 4 is 38.0 Å². The van der Waals surface area contributed by atoms with Crippen LogP contribution in [0.15, 0.2) is 10.3 Å². The summed E-state index contributed by atoms with van der Waals surface area (Å²) in [6.07, 6.45) is 0.314. The van der Waals surface area contributed by atoms with Crippen molar-refractivity contribution in [1.82, 2.24) is 9.62 Å². The highest BCUT2D eigenvalue weighted by Crippen LogP contribution is 2.36.